The van der Waals surface area contributed by atoms with Crippen LogP contribution in [0.15, 0.2) is 4.63 Å². The van der Waals surface area contributed by atoms with Gasteiger partial charge >= 0.3 is 0 Å². The molecule has 0 aromatic carbocycles. The van der Waals surface area contributed by atoms with Gasteiger partial charge < -0.3 is 10.6 Å². The van der Waals surface area contributed by atoms with Gasteiger partial charge in [-0.25, -0.2) is 4.63 Å². The lowest BCUT2D eigenvalue weighted by Crippen LogP contribution is -2.91. The van der Waals surface area contributed by atoms with E-state index in [0.29, 0.717) is 24.1 Å². The fraction of sp³-hybridized carbons (Fsp3) is 0.727. The second-order valence-electron chi connectivity index (χ2n) is 4.58. The first-order valence-corrected chi connectivity index (χ1v) is 6.18. The first kappa shape index (κ1) is 12.0. The summed E-state index contributed by atoms with van der Waals surface area (Å²) in [6.45, 7) is 2.19. The summed E-state index contributed by atoms with van der Waals surface area (Å²) in [5.74, 6) is 0.376. The summed E-state index contributed by atoms with van der Waals surface area (Å²) in [6.07, 6.45) is 6.35. The normalized spacial score (nSPS) is 17.0. The first-order valence-electron chi connectivity index (χ1n) is 6.18. The largest absolute Gasteiger partial charge is 0.336 e. The lowest BCUT2D eigenvalue weighted by molar-refractivity contribution is -0.681. The van der Waals surface area contributed by atoms with Crippen molar-refractivity contribution in [3.8, 4) is 0 Å². The van der Waals surface area contributed by atoms with Gasteiger partial charge in [0, 0.05) is 0 Å². The Morgan fingerprint density at radius 1 is 1.41 bits per heavy atom. The third-order valence-electron chi connectivity index (χ3n) is 3.20. The number of carbonyl (C=O) groups is 1. The Balaban J connectivity index is 1.72. The molecule has 3 N–H and O–H groups in total. The first-order chi connectivity index (χ1) is 8.25. The lowest BCUT2D eigenvalue weighted by atomic mass is 9.95. The molecule has 94 valence electrons. The van der Waals surface area contributed by atoms with Crippen LogP contribution in [0.4, 0.5) is 5.82 Å². The van der Waals surface area contributed by atoms with Crippen LogP contribution < -0.4 is 10.6 Å². The van der Waals surface area contributed by atoms with Crippen LogP contribution in [0, 0.1) is 6.92 Å². The predicted octanol–water partition coefficient (Wildman–Crippen LogP) is 0.213. The maximum absolute atomic E-state index is 11.7. The Bertz CT molecular complexity index is 371. The van der Waals surface area contributed by atoms with E-state index in [2.05, 4.69) is 25.6 Å². The molecule has 0 unspecified atom stereocenters. The molecule has 1 fully saturated rings. The second-order valence-corrected chi connectivity index (χ2v) is 4.58. The minimum Gasteiger partial charge on any atom is -0.336 e. The van der Waals surface area contributed by atoms with Gasteiger partial charge in [-0.1, -0.05) is 11.6 Å². The molecule has 1 aliphatic rings. The minimum atomic E-state index is -0.0469. The molecule has 2 rings (SSSR count). The van der Waals surface area contributed by atoms with E-state index in [1.165, 1.54) is 32.1 Å². The zero-order valence-electron chi connectivity index (χ0n) is 10.1. The number of aromatic nitrogens is 2. The predicted molar refractivity (Wildman–Crippen MR) is 61.3 cm³/mol. The second kappa shape index (κ2) is 5.77. The molecule has 1 amide bonds. The average molecular weight is 239 g/mol. The number of rotatable bonds is 4. The van der Waals surface area contributed by atoms with E-state index in [9.17, 15) is 4.79 Å². The number of aryl methyl sites for hydroxylation is 1. The molecule has 1 saturated carbocycles. The Kier molecular flexibility index (Phi) is 4.08. The van der Waals surface area contributed by atoms with Crippen LogP contribution in [0.25, 0.3) is 0 Å². The molecule has 1 aliphatic carbocycles. The molecule has 6 heteroatoms. The zero-order valence-corrected chi connectivity index (χ0v) is 10.1. The van der Waals surface area contributed by atoms with E-state index < -0.39 is 0 Å². The summed E-state index contributed by atoms with van der Waals surface area (Å²) in [5.41, 5.74) is 0.607. The van der Waals surface area contributed by atoms with Crippen LogP contribution in [0.3, 0.4) is 0 Å². The van der Waals surface area contributed by atoms with E-state index in [1.54, 1.807) is 6.92 Å². The van der Waals surface area contributed by atoms with Gasteiger partial charge in [-0.2, -0.15) is 0 Å². The van der Waals surface area contributed by atoms with Crippen LogP contribution in [-0.2, 0) is 4.79 Å². The topological polar surface area (TPSA) is 84.6 Å². The van der Waals surface area contributed by atoms with Gasteiger partial charge in [0.1, 0.15) is 5.69 Å². The molecular weight excluding hydrogens is 220 g/mol. The maximum atomic E-state index is 11.7. The highest BCUT2D eigenvalue weighted by molar-refractivity contribution is 5.90. The van der Waals surface area contributed by atoms with Gasteiger partial charge in [-0.3, -0.25) is 4.79 Å². The molecule has 1 aromatic heterocycles. The molecule has 1 aromatic rings. The number of nitrogens with zero attached hydrogens (tertiary/aromatic N) is 2. The number of amides is 1. The van der Waals surface area contributed by atoms with Crippen LogP contribution in [-0.4, -0.2) is 28.8 Å². The molecule has 1 heterocycles. The highest BCUT2D eigenvalue weighted by Gasteiger charge is 2.18. The van der Waals surface area contributed by atoms with Crippen molar-refractivity contribution >= 4 is 11.7 Å². The molecule has 0 radical (unpaired) electrons. The summed E-state index contributed by atoms with van der Waals surface area (Å²) in [5, 5.41) is 12.0. The molecule has 0 atom stereocenters. The van der Waals surface area contributed by atoms with Gasteiger partial charge in [-0.05, 0) is 37.8 Å². The van der Waals surface area contributed by atoms with E-state index >= 15 is 0 Å². The van der Waals surface area contributed by atoms with Crippen molar-refractivity contribution in [2.75, 3.05) is 11.9 Å². The highest BCUT2D eigenvalue weighted by atomic mass is 16.6. The molecular formula is C11H19N4O2+. The third-order valence-corrected chi connectivity index (χ3v) is 3.20. The highest BCUT2D eigenvalue weighted by Crippen LogP contribution is 2.14. The van der Waals surface area contributed by atoms with E-state index in [-0.39, 0.29) is 5.91 Å². The fourth-order valence-electron chi connectivity index (χ4n) is 2.17. The van der Waals surface area contributed by atoms with Crippen LogP contribution in [0.2, 0.25) is 0 Å². The number of hydrogen-bond donors (Lipinski definition) is 2. The number of carbonyl (C=O) groups excluding carboxylic acids is 1. The van der Waals surface area contributed by atoms with Crippen LogP contribution >= 0.6 is 0 Å². The van der Waals surface area contributed by atoms with Crippen molar-refractivity contribution in [1.29, 1.82) is 0 Å². The molecule has 0 spiro atoms. The molecule has 0 bridgehead atoms. The number of anilines is 1. The van der Waals surface area contributed by atoms with Gasteiger partial charge in [-0.15, -0.1) is 0 Å². The van der Waals surface area contributed by atoms with Gasteiger partial charge in [0.15, 0.2) is 6.54 Å². The molecule has 6 nitrogen and oxygen atoms in total. The van der Waals surface area contributed by atoms with Gasteiger partial charge in [0.2, 0.25) is 5.82 Å². The van der Waals surface area contributed by atoms with E-state index in [1.807, 2.05) is 0 Å². The lowest BCUT2D eigenvalue weighted by Gasteiger charge is -2.19. The minimum absolute atomic E-state index is 0.0469. The fourth-order valence-corrected chi connectivity index (χ4v) is 2.17. The number of hydrogen-bond acceptors (Lipinski definition) is 4. The van der Waals surface area contributed by atoms with Crippen molar-refractivity contribution in [2.24, 2.45) is 0 Å². The van der Waals surface area contributed by atoms with Crippen LogP contribution in [0.5, 0.6) is 0 Å². The third kappa shape index (κ3) is 3.52. The number of nitrogens with one attached hydrogen (secondary N) is 1. The zero-order chi connectivity index (χ0) is 12.1. The van der Waals surface area contributed by atoms with Crippen molar-refractivity contribution < 1.29 is 14.7 Å². The summed E-state index contributed by atoms with van der Waals surface area (Å²) in [7, 11) is 0. The van der Waals surface area contributed by atoms with Crippen molar-refractivity contribution in [3.05, 3.63) is 5.69 Å². The summed E-state index contributed by atoms with van der Waals surface area (Å²) in [4.78, 5) is 11.7. The smallest absolute Gasteiger partial charge is 0.280 e. The molecule has 17 heavy (non-hydrogen) atoms. The maximum Gasteiger partial charge on any atom is 0.280 e. The molecule has 0 saturated heterocycles. The number of nitrogens with two attached hydrogens (primary N) is 1. The Hall–Kier alpha value is -1.43. The standard InChI is InChI=1S/C11H18N4O2/c1-8-11(15-17-14-8)13-10(16)7-12-9-5-3-2-4-6-9/h9,12H,2-7H2,1H3,(H,13,15,16)/p+1. The van der Waals surface area contributed by atoms with Crippen LogP contribution in [0.1, 0.15) is 37.8 Å². The summed E-state index contributed by atoms with van der Waals surface area (Å²) in [6, 6.07) is 0.603. The summed E-state index contributed by atoms with van der Waals surface area (Å²) < 4.78 is 4.52. The van der Waals surface area contributed by atoms with E-state index in [0.717, 1.165) is 0 Å². The average Bonchev–Trinajstić information content (AvgIpc) is 2.74. The monoisotopic (exact) mass is 239 g/mol. The summed E-state index contributed by atoms with van der Waals surface area (Å²) >= 11 is 0. The van der Waals surface area contributed by atoms with Gasteiger partial charge in [0.25, 0.3) is 5.91 Å². The van der Waals surface area contributed by atoms with Crippen molar-refractivity contribution in [2.45, 2.75) is 45.1 Å². The van der Waals surface area contributed by atoms with Crippen molar-refractivity contribution in [3.63, 3.8) is 0 Å². The molecule has 0 aliphatic heterocycles. The Morgan fingerprint density at radius 2 is 2.18 bits per heavy atom. The number of quaternary nitrogens is 1. The SMILES string of the molecule is Cc1nonc1NC(=O)C[NH2+]C1CCCCC1. The van der Waals surface area contributed by atoms with Crippen molar-refractivity contribution in [1.82, 2.24) is 10.3 Å². The Morgan fingerprint density at radius 3 is 2.82 bits per heavy atom. The van der Waals surface area contributed by atoms with E-state index in [4.69, 9.17) is 0 Å². The quantitative estimate of drug-likeness (QED) is 0.786. The Labute approximate surface area is 100 Å². The van der Waals surface area contributed by atoms with Gasteiger partial charge in [0.05, 0.1) is 6.04 Å².